The van der Waals surface area contributed by atoms with Gasteiger partial charge in [-0.1, -0.05) is 17.3 Å². The van der Waals surface area contributed by atoms with Gasteiger partial charge in [-0.25, -0.2) is 9.78 Å². The number of carboxylic acid groups (broad SMARTS) is 1. The maximum absolute atomic E-state index is 12.7. The van der Waals surface area contributed by atoms with Gasteiger partial charge in [0.15, 0.2) is 10.8 Å². The zero-order valence-corrected chi connectivity index (χ0v) is 16.4. The average molecular weight is 440 g/mol. The van der Waals surface area contributed by atoms with Crippen molar-refractivity contribution >= 4 is 57.5 Å². The number of nitrogens with zero attached hydrogens (tertiary/aromatic N) is 3. The summed E-state index contributed by atoms with van der Waals surface area (Å²) in [5.41, 5.74) is -0.263. The molecule has 3 N–H and O–H groups in total. The van der Waals surface area contributed by atoms with E-state index in [1.54, 1.807) is 6.08 Å². The van der Waals surface area contributed by atoms with Gasteiger partial charge in [0.25, 0.3) is 11.8 Å². The second-order valence-corrected chi connectivity index (χ2v) is 6.86. The van der Waals surface area contributed by atoms with Crippen LogP contribution in [0, 0.1) is 0 Å². The zero-order chi connectivity index (χ0) is 21.1. The number of rotatable bonds is 7. The molecular weight excluding hydrogens is 426 g/mol. The number of carbonyl (C=O) groups is 4. The third-order valence-electron chi connectivity index (χ3n) is 3.98. The van der Waals surface area contributed by atoms with E-state index in [4.69, 9.17) is 16.4 Å². The lowest BCUT2D eigenvalue weighted by Gasteiger charge is -2.46. The maximum Gasteiger partial charge on any atom is 0.352 e. The summed E-state index contributed by atoms with van der Waals surface area (Å²) < 4.78 is 0. The van der Waals surface area contributed by atoms with Crippen LogP contribution in [0.1, 0.15) is 5.69 Å². The van der Waals surface area contributed by atoms with Gasteiger partial charge in [0, 0.05) is 5.38 Å². The predicted octanol–water partition coefficient (Wildman–Crippen LogP) is -0.0952. The van der Waals surface area contributed by atoms with Crippen molar-refractivity contribution in [2.24, 2.45) is 5.16 Å². The Labute approximate surface area is 172 Å². The number of thiazole rings is 1. The summed E-state index contributed by atoms with van der Waals surface area (Å²) in [6, 6.07) is -1.58. The van der Waals surface area contributed by atoms with Gasteiger partial charge in [-0.3, -0.25) is 19.3 Å². The standard InChI is InChI=1S/C16H14ClN5O6S/c1-28-21-11(7-6-29-16(18-7)19-10(23)5-17)13(24)20-12-8-3-2-4-9(15(26)27)22(8)14(12)25/h2-4,6,8,12H,5H2,1H3,(H,20,24)(H,26,27)(H,18,19,23)/t8-,12-/m0/s1. The number of alkyl halides is 1. The summed E-state index contributed by atoms with van der Waals surface area (Å²) in [6.07, 6.45) is 4.42. The van der Waals surface area contributed by atoms with Crippen LogP contribution in [-0.4, -0.2) is 69.5 Å². The van der Waals surface area contributed by atoms with Crippen LogP contribution in [0.4, 0.5) is 5.13 Å². The summed E-state index contributed by atoms with van der Waals surface area (Å²) in [5.74, 6) is -3.27. The van der Waals surface area contributed by atoms with E-state index in [2.05, 4.69) is 20.8 Å². The van der Waals surface area contributed by atoms with E-state index in [9.17, 15) is 24.3 Å². The summed E-state index contributed by atoms with van der Waals surface area (Å²) in [4.78, 5) is 57.5. The number of carboxylic acids is 1. The van der Waals surface area contributed by atoms with Crippen molar-refractivity contribution in [2.45, 2.75) is 12.1 Å². The quantitative estimate of drug-likeness (QED) is 0.232. The van der Waals surface area contributed by atoms with Gasteiger partial charge < -0.3 is 20.6 Å². The summed E-state index contributed by atoms with van der Waals surface area (Å²) in [7, 11) is 1.24. The highest BCUT2D eigenvalue weighted by molar-refractivity contribution is 7.14. The van der Waals surface area contributed by atoms with Crippen LogP contribution in [0.25, 0.3) is 0 Å². The smallest absolute Gasteiger partial charge is 0.352 e. The zero-order valence-electron chi connectivity index (χ0n) is 14.8. The van der Waals surface area contributed by atoms with Crippen molar-refractivity contribution in [1.29, 1.82) is 0 Å². The number of hydrogen-bond donors (Lipinski definition) is 3. The monoisotopic (exact) mass is 439 g/mol. The molecule has 0 unspecified atom stereocenters. The molecular formula is C16H14ClN5O6S. The predicted molar refractivity (Wildman–Crippen MR) is 102 cm³/mol. The Hall–Kier alpha value is -3.25. The van der Waals surface area contributed by atoms with Gasteiger partial charge in [0.2, 0.25) is 5.91 Å². The molecule has 3 rings (SSSR count). The highest BCUT2D eigenvalue weighted by Crippen LogP contribution is 2.29. The number of oxime groups is 1. The van der Waals surface area contributed by atoms with Gasteiger partial charge in [-0.2, -0.15) is 0 Å². The van der Waals surface area contributed by atoms with E-state index in [1.165, 1.54) is 24.6 Å². The molecule has 11 nitrogen and oxygen atoms in total. The van der Waals surface area contributed by atoms with Crippen molar-refractivity contribution in [3.05, 3.63) is 35.0 Å². The number of β-lactam (4-membered cyclic amide) rings is 1. The molecule has 0 aromatic carbocycles. The fraction of sp³-hybridized carbons (Fsp3) is 0.250. The highest BCUT2D eigenvalue weighted by atomic mass is 35.5. The molecule has 2 atom stereocenters. The van der Waals surface area contributed by atoms with Crippen LogP contribution in [-0.2, 0) is 24.0 Å². The minimum Gasteiger partial charge on any atom is -0.477 e. The molecule has 0 spiro atoms. The Morgan fingerprint density at radius 3 is 2.86 bits per heavy atom. The first-order valence-corrected chi connectivity index (χ1v) is 9.47. The average Bonchev–Trinajstić information content (AvgIpc) is 3.16. The number of hydrogen-bond acceptors (Lipinski definition) is 8. The Balaban J connectivity index is 1.74. The first kappa shape index (κ1) is 20.5. The molecule has 1 saturated heterocycles. The number of aliphatic carboxylic acids is 1. The minimum atomic E-state index is -1.24. The molecule has 2 aliphatic heterocycles. The van der Waals surface area contributed by atoms with Gasteiger partial charge >= 0.3 is 5.97 Å². The molecule has 1 aromatic rings. The molecule has 2 aliphatic rings. The number of nitrogens with one attached hydrogen (secondary N) is 2. The molecule has 0 bridgehead atoms. The molecule has 29 heavy (non-hydrogen) atoms. The molecule has 3 amide bonds. The first-order valence-electron chi connectivity index (χ1n) is 8.06. The molecule has 3 heterocycles. The van der Waals surface area contributed by atoms with E-state index in [-0.39, 0.29) is 28.1 Å². The summed E-state index contributed by atoms with van der Waals surface area (Å²) in [5, 5.41) is 19.5. The molecule has 152 valence electrons. The number of anilines is 1. The lowest BCUT2D eigenvalue weighted by Crippen LogP contribution is -2.70. The van der Waals surface area contributed by atoms with Crippen LogP contribution in [0.5, 0.6) is 0 Å². The van der Waals surface area contributed by atoms with Crippen LogP contribution in [0.15, 0.2) is 34.5 Å². The van der Waals surface area contributed by atoms with Crippen LogP contribution >= 0.6 is 22.9 Å². The SMILES string of the molecule is CON=C(C(=O)N[C@@H]1C(=O)N2C(C(=O)O)=CC=C[C@@H]12)c1csc(NC(=O)CCl)n1. The minimum absolute atomic E-state index is 0.119. The van der Waals surface area contributed by atoms with E-state index < -0.39 is 35.8 Å². The number of fused-ring (bicyclic) bond motifs is 1. The molecule has 0 aliphatic carbocycles. The van der Waals surface area contributed by atoms with Crippen molar-refractivity contribution in [3.63, 3.8) is 0 Å². The number of halogens is 1. The normalized spacial score (nSPS) is 20.3. The van der Waals surface area contributed by atoms with Crippen LogP contribution in [0.3, 0.4) is 0 Å². The van der Waals surface area contributed by atoms with E-state index >= 15 is 0 Å². The Kier molecular flexibility index (Phi) is 5.94. The van der Waals surface area contributed by atoms with E-state index in [0.717, 1.165) is 16.2 Å². The molecule has 0 saturated carbocycles. The maximum atomic E-state index is 12.7. The Morgan fingerprint density at radius 1 is 1.45 bits per heavy atom. The lowest BCUT2D eigenvalue weighted by atomic mass is 9.90. The van der Waals surface area contributed by atoms with Gasteiger partial charge in [-0.15, -0.1) is 22.9 Å². The van der Waals surface area contributed by atoms with Gasteiger partial charge in [-0.05, 0) is 6.08 Å². The first-order chi connectivity index (χ1) is 13.9. The molecule has 1 aromatic heterocycles. The van der Waals surface area contributed by atoms with E-state index in [0.29, 0.717) is 0 Å². The van der Waals surface area contributed by atoms with Crippen LogP contribution in [0.2, 0.25) is 0 Å². The highest BCUT2D eigenvalue weighted by Gasteiger charge is 2.51. The Bertz CT molecular complexity index is 971. The number of aromatic nitrogens is 1. The van der Waals surface area contributed by atoms with Gasteiger partial charge in [0.05, 0.1) is 6.04 Å². The second-order valence-electron chi connectivity index (χ2n) is 5.73. The third-order valence-corrected chi connectivity index (χ3v) is 4.98. The molecule has 1 fully saturated rings. The molecule has 0 radical (unpaired) electrons. The summed E-state index contributed by atoms with van der Waals surface area (Å²) >= 11 is 6.47. The van der Waals surface area contributed by atoms with Crippen molar-refractivity contribution in [1.82, 2.24) is 15.2 Å². The topological polar surface area (TPSA) is 150 Å². The number of allylic oxidation sites excluding steroid dienone is 2. The second kappa shape index (κ2) is 8.41. The van der Waals surface area contributed by atoms with Crippen molar-refractivity contribution in [3.8, 4) is 0 Å². The van der Waals surface area contributed by atoms with E-state index in [1.807, 2.05) is 0 Å². The lowest BCUT2D eigenvalue weighted by molar-refractivity contribution is -0.151. The van der Waals surface area contributed by atoms with Crippen LogP contribution < -0.4 is 10.6 Å². The largest absolute Gasteiger partial charge is 0.477 e. The third kappa shape index (κ3) is 3.98. The summed E-state index contributed by atoms with van der Waals surface area (Å²) in [6.45, 7) is 0. The fourth-order valence-corrected chi connectivity index (χ4v) is 3.52. The van der Waals surface area contributed by atoms with Crippen molar-refractivity contribution in [2.75, 3.05) is 18.3 Å². The molecule has 13 heteroatoms. The van der Waals surface area contributed by atoms with Gasteiger partial charge in [0.1, 0.15) is 30.4 Å². The fourth-order valence-electron chi connectivity index (χ4n) is 2.75. The number of carbonyl (C=O) groups excluding carboxylic acids is 3. The number of amides is 3. The van der Waals surface area contributed by atoms with Crippen molar-refractivity contribution < 1.29 is 29.1 Å². The Morgan fingerprint density at radius 2 is 2.21 bits per heavy atom.